The molecular formula is C30H32ClFN4O3. The smallest absolute Gasteiger partial charge is 0.258 e. The SMILES string of the molecule is CCN(CC)C(=O)c1cc(NC(=O)c2ccccc2F)ccc1N1CCCN(C(=O)c2ccc(Cl)cc2)CC1. The van der Waals surface area contributed by atoms with E-state index < -0.39 is 11.7 Å². The molecule has 1 aliphatic rings. The van der Waals surface area contributed by atoms with Gasteiger partial charge >= 0.3 is 0 Å². The van der Waals surface area contributed by atoms with E-state index >= 15 is 0 Å². The highest BCUT2D eigenvalue weighted by Gasteiger charge is 2.25. The summed E-state index contributed by atoms with van der Waals surface area (Å²) in [6.07, 6.45) is 0.726. The molecule has 4 rings (SSSR count). The maximum atomic E-state index is 14.1. The largest absolute Gasteiger partial charge is 0.369 e. The summed E-state index contributed by atoms with van der Waals surface area (Å²) in [6, 6.07) is 17.8. The van der Waals surface area contributed by atoms with E-state index in [-0.39, 0.29) is 17.4 Å². The first-order valence-corrected chi connectivity index (χ1v) is 13.5. The molecule has 0 aromatic heterocycles. The number of anilines is 2. The van der Waals surface area contributed by atoms with Gasteiger partial charge in [0.1, 0.15) is 5.82 Å². The molecule has 39 heavy (non-hydrogen) atoms. The average Bonchev–Trinajstić information content (AvgIpc) is 3.20. The van der Waals surface area contributed by atoms with Gasteiger partial charge in [-0.05, 0) is 74.9 Å². The third-order valence-electron chi connectivity index (χ3n) is 6.87. The van der Waals surface area contributed by atoms with Crippen molar-refractivity contribution in [2.75, 3.05) is 49.5 Å². The number of nitrogens with one attached hydrogen (secondary N) is 1. The Balaban J connectivity index is 1.58. The fourth-order valence-electron chi connectivity index (χ4n) is 4.72. The Bertz CT molecular complexity index is 1340. The van der Waals surface area contributed by atoms with Gasteiger partial charge in [-0.3, -0.25) is 14.4 Å². The van der Waals surface area contributed by atoms with Crippen LogP contribution >= 0.6 is 11.6 Å². The highest BCUT2D eigenvalue weighted by atomic mass is 35.5. The molecular weight excluding hydrogens is 519 g/mol. The molecule has 204 valence electrons. The van der Waals surface area contributed by atoms with Crippen molar-refractivity contribution in [2.24, 2.45) is 0 Å². The fourth-order valence-corrected chi connectivity index (χ4v) is 4.85. The lowest BCUT2D eigenvalue weighted by molar-refractivity contribution is 0.0760. The molecule has 0 aliphatic carbocycles. The Hall–Kier alpha value is -3.91. The second kappa shape index (κ2) is 12.8. The molecule has 7 nitrogen and oxygen atoms in total. The minimum absolute atomic E-state index is 0.0563. The molecule has 1 N–H and O–H groups in total. The standard InChI is InChI=1S/C30H32ClFN4O3/c1-3-34(4-2)30(39)25-20-23(33-28(37)24-8-5-6-9-26(24)32)14-15-27(25)35-16-7-17-36(19-18-35)29(38)21-10-12-22(31)13-11-21/h5-6,8-15,20H,3-4,7,16-19H2,1-2H3,(H,33,37). The summed E-state index contributed by atoms with van der Waals surface area (Å²) >= 11 is 5.97. The third-order valence-corrected chi connectivity index (χ3v) is 7.12. The van der Waals surface area contributed by atoms with E-state index in [0.29, 0.717) is 61.1 Å². The molecule has 0 saturated carbocycles. The molecule has 3 aromatic rings. The third kappa shape index (κ3) is 6.57. The molecule has 3 aromatic carbocycles. The van der Waals surface area contributed by atoms with Crippen LogP contribution in [-0.2, 0) is 0 Å². The molecule has 3 amide bonds. The van der Waals surface area contributed by atoms with Crippen LogP contribution in [0.2, 0.25) is 5.02 Å². The lowest BCUT2D eigenvalue weighted by Crippen LogP contribution is -2.36. The van der Waals surface area contributed by atoms with Crippen LogP contribution in [0.1, 0.15) is 51.3 Å². The van der Waals surface area contributed by atoms with Gasteiger partial charge in [-0.1, -0.05) is 23.7 Å². The molecule has 0 atom stereocenters. The predicted molar refractivity (Wildman–Crippen MR) is 152 cm³/mol. The zero-order valence-electron chi connectivity index (χ0n) is 22.1. The van der Waals surface area contributed by atoms with Crippen LogP contribution in [0.25, 0.3) is 0 Å². The molecule has 0 unspecified atom stereocenters. The van der Waals surface area contributed by atoms with Crippen LogP contribution in [0.15, 0.2) is 66.7 Å². The summed E-state index contributed by atoms with van der Waals surface area (Å²) in [4.78, 5) is 45.0. The van der Waals surface area contributed by atoms with Crippen LogP contribution in [0.3, 0.4) is 0 Å². The quantitative estimate of drug-likeness (QED) is 0.418. The first-order valence-electron chi connectivity index (χ1n) is 13.1. The minimum Gasteiger partial charge on any atom is -0.369 e. The van der Waals surface area contributed by atoms with Crippen LogP contribution < -0.4 is 10.2 Å². The molecule has 1 fully saturated rings. The first kappa shape index (κ1) is 28.1. The van der Waals surface area contributed by atoms with Crippen molar-refractivity contribution in [3.8, 4) is 0 Å². The molecule has 9 heteroatoms. The predicted octanol–water partition coefficient (Wildman–Crippen LogP) is 5.57. The number of carbonyl (C=O) groups is 3. The van der Waals surface area contributed by atoms with E-state index in [1.165, 1.54) is 18.2 Å². The van der Waals surface area contributed by atoms with Gasteiger partial charge in [-0.15, -0.1) is 0 Å². The summed E-state index contributed by atoms with van der Waals surface area (Å²) in [5.41, 5.74) is 2.09. The van der Waals surface area contributed by atoms with E-state index in [4.69, 9.17) is 11.6 Å². The number of amides is 3. The van der Waals surface area contributed by atoms with Gasteiger partial charge in [-0.2, -0.15) is 0 Å². The van der Waals surface area contributed by atoms with Gasteiger partial charge in [0.25, 0.3) is 17.7 Å². The number of halogens is 2. The Morgan fingerprint density at radius 2 is 1.62 bits per heavy atom. The van der Waals surface area contributed by atoms with Crippen LogP contribution in [0.4, 0.5) is 15.8 Å². The second-order valence-corrected chi connectivity index (χ2v) is 9.72. The highest BCUT2D eigenvalue weighted by molar-refractivity contribution is 6.30. The molecule has 1 saturated heterocycles. The van der Waals surface area contributed by atoms with Crippen molar-refractivity contribution in [2.45, 2.75) is 20.3 Å². The van der Waals surface area contributed by atoms with Gasteiger partial charge in [0.15, 0.2) is 0 Å². The fraction of sp³-hybridized carbons (Fsp3) is 0.300. The average molecular weight is 551 g/mol. The number of benzene rings is 3. The normalized spacial score (nSPS) is 13.5. The zero-order chi connectivity index (χ0) is 27.9. The van der Waals surface area contributed by atoms with Crippen molar-refractivity contribution < 1.29 is 18.8 Å². The highest BCUT2D eigenvalue weighted by Crippen LogP contribution is 2.28. The van der Waals surface area contributed by atoms with Crippen molar-refractivity contribution in [3.05, 3.63) is 94.3 Å². The second-order valence-electron chi connectivity index (χ2n) is 9.28. The van der Waals surface area contributed by atoms with E-state index in [1.54, 1.807) is 47.4 Å². The summed E-state index contributed by atoms with van der Waals surface area (Å²) in [7, 11) is 0. The Morgan fingerprint density at radius 1 is 0.897 bits per heavy atom. The maximum Gasteiger partial charge on any atom is 0.258 e. The Labute approximate surface area is 233 Å². The molecule has 0 radical (unpaired) electrons. The topological polar surface area (TPSA) is 73.0 Å². The molecule has 0 spiro atoms. The monoisotopic (exact) mass is 550 g/mol. The number of carbonyl (C=O) groups excluding carboxylic acids is 3. The van der Waals surface area contributed by atoms with E-state index in [2.05, 4.69) is 10.2 Å². The molecule has 1 aliphatic heterocycles. The number of nitrogens with zero attached hydrogens (tertiary/aromatic N) is 3. The minimum atomic E-state index is -0.617. The van der Waals surface area contributed by atoms with Crippen molar-refractivity contribution in [1.82, 2.24) is 9.80 Å². The molecule has 1 heterocycles. The number of rotatable bonds is 7. The van der Waals surface area contributed by atoms with E-state index in [9.17, 15) is 18.8 Å². The van der Waals surface area contributed by atoms with Crippen LogP contribution in [0, 0.1) is 5.82 Å². The van der Waals surface area contributed by atoms with E-state index in [0.717, 1.165) is 12.1 Å². The van der Waals surface area contributed by atoms with Gasteiger partial charge in [0.2, 0.25) is 0 Å². The number of hydrogen-bond acceptors (Lipinski definition) is 4. The van der Waals surface area contributed by atoms with Gasteiger partial charge < -0.3 is 20.0 Å². The van der Waals surface area contributed by atoms with Crippen molar-refractivity contribution in [3.63, 3.8) is 0 Å². The number of hydrogen-bond donors (Lipinski definition) is 1. The summed E-state index contributed by atoms with van der Waals surface area (Å²) in [5, 5.41) is 3.30. The van der Waals surface area contributed by atoms with Crippen molar-refractivity contribution >= 4 is 40.7 Å². The summed E-state index contributed by atoms with van der Waals surface area (Å²) in [5.74, 6) is -1.42. The lowest BCUT2D eigenvalue weighted by atomic mass is 10.1. The van der Waals surface area contributed by atoms with Gasteiger partial charge in [-0.25, -0.2) is 4.39 Å². The summed E-state index contributed by atoms with van der Waals surface area (Å²) in [6.45, 7) is 7.17. The zero-order valence-corrected chi connectivity index (χ0v) is 22.9. The Kier molecular flexibility index (Phi) is 9.19. The van der Waals surface area contributed by atoms with E-state index in [1.807, 2.05) is 24.8 Å². The van der Waals surface area contributed by atoms with Crippen LogP contribution in [-0.4, -0.2) is 66.8 Å². The molecule has 0 bridgehead atoms. The van der Waals surface area contributed by atoms with Crippen molar-refractivity contribution in [1.29, 1.82) is 0 Å². The van der Waals surface area contributed by atoms with Crippen LogP contribution in [0.5, 0.6) is 0 Å². The Morgan fingerprint density at radius 3 is 2.31 bits per heavy atom. The lowest BCUT2D eigenvalue weighted by Gasteiger charge is -2.28. The first-order chi connectivity index (χ1) is 18.8. The van der Waals surface area contributed by atoms with Gasteiger partial charge in [0.05, 0.1) is 11.1 Å². The summed E-state index contributed by atoms with van der Waals surface area (Å²) < 4.78 is 14.1. The van der Waals surface area contributed by atoms with Gasteiger partial charge in [0, 0.05) is 61.2 Å². The maximum absolute atomic E-state index is 14.1.